The molecule has 1 aromatic heterocycles. The van der Waals surface area contributed by atoms with E-state index in [4.69, 9.17) is 5.10 Å². The Labute approximate surface area is 177 Å². The lowest BCUT2D eigenvalue weighted by Crippen LogP contribution is -2.40. The van der Waals surface area contributed by atoms with Crippen LogP contribution >= 0.6 is 0 Å². The lowest BCUT2D eigenvalue weighted by Gasteiger charge is -2.20. The van der Waals surface area contributed by atoms with Gasteiger partial charge < -0.3 is 10.2 Å². The number of nitrogens with one attached hydrogen (secondary N) is 1. The van der Waals surface area contributed by atoms with E-state index in [1.807, 2.05) is 69.3 Å². The largest absolute Gasteiger partial charge is 0.355 e. The summed E-state index contributed by atoms with van der Waals surface area (Å²) in [6.45, 7) is 8.81. The summed E-state index contributed by atoms with van der Waals surface area (Å²) in [4.78, 5) is 27.0. The van der Waals surface area contributed by atoms with Crippen LogP contribution in [0.5, 0.6) is 0 Å². The summed E-state index contributed by atoms with van der Waals surface area (Å²) in [5, 5.41) is 7.50. The van der Waals surface area contributed by atoms with E-state index in [1.54, 1.807) is 15.8 Å². The molecule has 0 saturated heterocycles. The molecular weight excluding hydrogens is 376 g/mol. The van der Waals surface area contributed by atoms with Crippen molar-refractivity contribution in [3.05, 3.63) is 71.4 Å². The van der Waals surface area contributed by atoms with Crippen molar-refractivity contribution in [2.45, 2.75) is 27.7 Å². The van der Waals surface area contributed by atoms with E-state index in [2.05, 4.69) is 12.2 Å². The fourth-order valence-corrected chi connectivity index (χ4v) is 3.27. The van der Waals surface area contributed by atoms with Crippen LogP contribution in [0.4, 0.5) is 0 Å². The number of carbonyl (C=O) groups is 2. The molecule has 0 saturated carbocycles. The van der Waals surface area contributed by atoms with Crippen LogP contribution in [-0.2, 0) is 4.79 Å². The van der Waals surface area contributed by atoms with Gasteiger partial charge in [-0.15, -0.1) is 0 Å². The second-order valence-electron chi connectivity index (χ2n) is 7.24. The topological polar surface area (TPSA) is 67.2 Å². The Bertz CT molecular complexity index is 1040. The Morgan fingerprint density at radius 2 is 1.77 bits per heavy atom. The number of hydrogen-bond donors (Lipinski definition) is 1. The van der Waals surface area contributed by atoms with Gasteiger partial charge in [0.1, 0.15) is 5.69 Å². The molecule has 0 fully saturated rings. The molecule has 0 aliphatic heterocycles. The van der Waals surface area contributed by atoms with Crippen LogP contribution in [0.2, 0.25) is 0 Å². The first kappa shape index (κ1) is 21.3. The third-order valence-electron chi connectivity index (χ3n) is 5.12. The summed E-state index contributed by atoms with van der Waals surface area (Å²) in [5.74, 6) is -0.380. The number of aryl methyl sites for hydroxylation is 2. The number of aromatic nitrogens is 2. The van der Waals surface area contributed by atoms with E-state index in [0.29, 0.717) is 24.3 Å². The van der Waals surface area contributed by atoms with Crippen LogP contribution < -0.4 is 5.32 Å². The van der Waals surface area contributed by atoms with E-state index < -0.39 is 0 Å². The molecule has 1 N–H and O–H groups in total. The number of carbonyl (C=O) groups excluding carboxylic acids is 2. The molecule has 0 aliphatic rings. The van der Waals surface area contributed by atoms with Crippen molar-refractivity contribution in [3.8, 4) is 16.9 Å². The van der Waals surface area contributed by atoms with Gasteiger partial charge in [0, 0.05) is 24.8 Å². The summed E-state index contributed by atoms with van der Waals surface area (Å²) in [6, 6.07) is 15.8. The molecule has 3 aromatic rings. The molecular formula is C24H28N4O2. The van der Waals surface area contributed by atoms with Crippen LogP contribution in [-0.4, -0.2) is 46.1 Å². The van der Waals surface area contributed by atoms with Crippen LogP contribution in [0.3, 0.4) is 0 Å². The van der Waals surface area contributed by atoms with Gasteiger partial charge in [-0.05, 0) is 57.0 Å². The van der Waals surface area contributed by atoms with E-state index in [0.717, 1.165) is 16.8 Å². The second-order valence-corrected chi connectivity index (χ2v) is 7.24. The minimum Gasteiger partial charge on any atom is -0.355 e. The van der Waals surface area contributed by atoms with E-state index in [9.17, 15) is 9.59 Å². The highest BCUT2D eigenvalue weighted by Gasteiger charge is 2.24. The average molecular weight is 405 g/mol. The van der Waals surface area contributed by atoms with Crippen LogP contribution in [0.25, 0.3) is 16.9 Å². The minimum atomic E-state index is -0.209. The number of hydrogen-bond acceptors (Lipinski definition) is 3. The molecule has 0 bridgehead atoms. The molecule has 2 amide bonds. The SMILES string of the molecule is CCNC(=O)CN(CC)C(=O)c1cn(-c2ccccc2)nc1-c1ccc(C)c(C)c1. The Balaban J connectivity index is 2.06. The Kier molecular flexibility index (Phi) is 6.67. The van der Waals surface area contributed by atoms with Gasteiger partial charge in [0.2, 0.25) is 5.91 Å². The first-order chi connectivity index (χ1) is 14.4. The van der Waals surface area contributed by atoms with E-state index >= 15 is 0 Å². The molecule has 30 heavy (non-hydrogen) atoms. The quantitative estimate of drug-likeness (QED) is 0.652. The van der Waals surface area contributed by atoms with Crippen LogP contribution in [0, 0.1) is 13.8 Å². The zero-order chi connectivity index (χ0) is 21.7. The molecule has 3 rings (SSSR count). The minimum absolute atomic E-state index is 0.0199. The molecule has 0 spiro atoms. The fraction of sp³-hybridized carbons (Fsp3) is 0.292. The molecule has 0 atom stereocenters. The highest BCUT2D eigenvalue weighted by Crippen LogP contribution is 2.27. The zero-order valence-electron chi connectivity index (χ0n) is 18.0. The van der Waals surface area contributed by atoms with Gasteiger partial charge in [0.05, 0.1) is 17.8 Å². The summed E-state index contributed by atoms with van der Waals surface area (Å²) in [5.41, 5.74) is 5.16. The molecule has 0 unspecified atom stereocenters. The predicted molar refractivity (Wildman–Crippen MR) is 119 cm³/mol. The van der Waals surface area contributed by atoms with E-state index in [1.165, 1.54) is 5.56 Å². The highest BCUT2D eigenvalue weighted by atomic mass is 16.2. The van der Waals surface area contributed by atoms with Crippen LogP contribution in [0.15, 0.2) is 54.7 Å². The molecule has 156 valence electrons. The summed E-state index contributed by atoms with van der Waals surface area (Å²) >= 11 is 0. The van der Waals surface area contributed by atoms with Crippen molar-refractivity contribution in [1.29, 1.82) is 0 Å². The fourth-order valence-electron chi connectivity index (χ4n) is 3.27. The van der Waals surface area contributed by atoms with Crippen molar-refractivity contribution in [2.75, 3.05) is 19.6 Å². The maximum Gasteiger partial charge on any atom is 0.258 e. The maximum absolute atomic E-state index is 13.4. The molecule has 6 nitrogen and oxygen atoms in total. The van der Waals surface area contributed by atoms with Crippen molar-refractivity contribution in [3.63, 3.8) is 0 Å². The Hall–Kier alpha value is -3.41. The second kappa shape index (κ2) is 9.39. The number of likely N-dealkylation sites (N-methyl/N-ethyl adjacent to an activating group) is 2. The lowest BCUT2D eigenvalue weighted by atomic mass is 10.0. The Morgan fingerprint density at radius 3 is 2.40 bits per heavy atom. The summed E-state index contributed by atoms with van der Waals surface area (Å²) < 4.78 is 1.72. The molecule has 6 heteroatoms. The summed E-state index contributed by atoms with van der Waals surface area (Å²) in [6.07, 6.45) is 1.75. The predicted octanol–water partition coefficient (Wildman–Crippen LogP) is 3.75. The molecule has 1 heterocycles. The normalized spacial score (nSPS) is 10.7. The highest BCUT2D eigenvalue weighted by molar-refractivity contribution is 6.01. The van der Waals surface area contributed by atoms with Crippen molar-refractivity contribution >= 4 is 11.8 Å². The molecule has 2 aromatic carbocycles. The van der Waals surface area contributed by atoms with Gasteiger partial charge in [0.15, 0.2) is 0 Å². The van der Waals surface area contributed by atoms with Gasteiger partial charge in [-0.25, -0.2) is 4.68 Å². The Morgan fingerprint density at radius 1 is 1.03 bits per heavy atom. The van der Waals surface area contributed by atoms with Gasteiger partial charge in [-0.1, -0.05) is 30.3 Å². The summed E-state index contributed by atoms with van der Waals surface area (Å²) in [7, 11) is 0. The van der Waals surface area contributed by atoms with Crippen molar-refractivity contribution in [1.82, 2.24) is 20.0 Å². The monoisotopic (exact) mass is 404 g/mol. The standard InChI is InChI=1S/C24H28N4O2/c1-5-25-22(29)16-27(6-2)24(30)21-15-28(20-10-8-7-9-11-20)26-23(21)19-13-12-17(3)18(4)14-19/h7-15H,5-6,16H2,1-4H3,(H,25,29). The number of nitrogens with zero attached hydrogens (tertiary/aromatic N) is 3. The first-order valence-electron chi connectivity index (χ1n) is 10.2. The lowest BCUT2D eigenvalue weighted by molar-refractivity contribution is -0.121. The number of amides is 2. The van der Waals surface area contributed by atoms with Gasteiger partial charge in [0.25, 0.3) is 5.91 Å². The average Bonchev–Trinajstić information content (AvgIpc) is 3.20. The van der Waals surface area contributed by atoms with E-state index in [-0.39, 0.29) is 18.4 Å². The number of para-hydroxylation sites is 1. The number of benzene rings is 2. The first-order valence-corrected chi connectivity index (χ1v) is 10.2. The smallest absolute Gasteiger partial charge is 0.258 e. The van der Waals surface area contributed by atoms with Crippen LogP contribution in [0.1, 0.15) is 35.3 Å². The van der Waals surface area contributed by atoms with Gasteiger partial charge in [-0.2, -0.15) is 5.10 Å². The molecule has 0 aliphatic carbocycles. The van der Waals surface area contributed by atoms with Gasteiger partial charge in [-0.3, -0.25) is 9.59 Å². The molecule has 0 radical (unpaired) electrons. The third kappa shape index (κ3) is 4.59. The zero-order valence-corrected chi connectivity index (χ0v) is 18.0. The van der Waals surface area contributed by atoms with Gasteiger partial charge >= 0.3 is 0 Å². The maximum atomic E-state index is 13.4. The number of rotatable bonds is 7. The third-order valence-corrected chi connectivity index (χ3v) is 5.12. The van der Waals surface area contributed by atoms with Crippen molar-refractivity contribution in [2.24, 2.45) is 0 Å². The van der Waals surface area contributed by atoms with Crippen molar-refractivity contribution < 1.29 is 9.59 Å².